The van der Waals surface area contributed by atoms with Crippen molar-refractivity contribution in [1.82, 2.24) is 0 Å². The molecule has 1 unspecified atom stereocenters. The molecule has 0 radical (unpaired) electrons. The van der Waals surface area contributed by atoms with Gasteiger partial charge in [0.05, 0.1) is 7.11 Å². The van der Waals surface area contributed by atoms with Gasteiger partial charge in [-0.25, -0.2) is 4.39 Å². The molecule has 0 saturated carbocycles. The number of unbranched alkanes of at least 4 members (excludes halogenated alkanes) is 1. The van der Waals surface area contributed by atoms with E-state index in [9.17, 15) is 4.39 Å². The molecule has 1 atom stereocenters. The van der Waals surface area contributed by atoms with E-state index < -0.39 is 0 Å². The molecule has 3 heteroatoms. The highest BCUT2D eigenvalue weighted by Crippen LogP contribution is 2.29. The molecule has 0 amide bonds. The third kappa shape index (κ3) is 2.98. The predicted octanol–water partition coefficient (Wildman–Crippen LogP) is 2.64. The van der Waals surface area contributed by atoms with Gasteiger partial charge in [0.25, 0.3) is 0 Å². The lowest BCUT2D eigenvalue weighted by atomic mass is 10.0. The molecule has 0 saturated heterocycles. The summed E-state index contributed by atoms with van der Waals surface area (Å²) >= 11 is 0. The molecule has 0 heterocycles. The second-order valence-electron chi connectivity index (χ2n) is 3.56. The van der Waals surface area contributed by atoms with Crippen LogP contribution in [0.5, 0.6) is 5.75 Å². The Hall–Kier alpha value is -1.53. The fourth-order valence-electron chi connectivity index (χ4n) is 1.62. The van der Waals surface area contributed by atoms with Crippen LogP contribution in [0.3, 0.4) is 0 Å². The molecule has 0 aliphatic rings. The summed E-state index contributed by atoms with van der Waals surface area (Å²) in [7, 11) is 1.51. The molecular formula is C13H16FNO. The Balaban J connectivity index is 2.81. The number of hydrogen-bond donors (Lipinski definition) is 1. The fraction of sp³-hybridized carbons (Fsp3) is 0.385. The number of rotatable bonds is 5. The smallest absolute Gasteiger partial charge is 0.131 e. The quantitative estimate of drug-likeness (QED) is 0.612. The van der Waals surface area contributed by atoms with Gasteiger partial charge in [-0.05, 0) is 25.0 Å². The zero-order valence-electron chi connectivity index (χ0n) is 9.37. The van der Waals surface area contributed by atoms with Crippen LogP contribution in [0.2, 0.25) is 0 Å². The lowest BCUT2D eigenvalue weighted by Crippen LogP contribution is -2.13. The van der Waals surface area contributed by atoms with Gasteiger partial charge in [0.1, 0.15) is 11.6 Å². The first-order valence-corrected chi connectivity index (χ1v) is 5.22. The second-order valence-corrected chi connectivity index (χ2v) is 3.56. The number of methoxy groups -OCH3 is 1. The summed E-state index contributed by atoms with van der Waals surface area (Å²) in [5.41, 5.74) is 6.36. The first-order valence-electron chi connectivity index (χ1n) is 5.22. The molecule has 0 aliphatic heterocycles. The minimum Gasteiger partial charge on any atom is -0.496 e. The maximum atomic E-state index is 13.6. The Bertz CT molecular complexity index is 384. The zero-order valence-corrected chi connectivity index (χ0v) is 9.37. The molecule has 2 N–H and O–H groups in total. The average Bonchev–Trinajstić information content (AvgIpc) is 2.28. The lowest BCUT2D eigenvalue weighted by Gasteiger charge is -2.15. The van der Waals surface area contributed by atoms with E-state index in [-0.39, 0.29) is 11.9 Å². The number of terminal acetylenes is 1. The SMILES string of the molecule is C#CCCCC(N)c1c(F)cccc1OC. The van der Waals surface area contributed by atoms with E-state index in [1.54, 1.807) is 12.1 Å². The van der Waals surface area contributed by atoms with Gasteiger partial charge < -0.3 is 10.5 Å². The Morgan fingerprint density at radius 3 is 2.94 bits per heavy atom. The van der Waals surface area contributed by atoms with Crippen LogP contribution < -0.4 is 10.5 Å². The molecule has 1 rings (SSSR count). The Kier molecular flexibility index (Phi) is 4.81. The van der Waals surface area contributed by atoms with Gasteiger partial charge in [-0.2, -0.15) is 0 Å². The van der Waals surface area contributed by atoms with Crippen LogP contribution >= 0.6 is 0 Å². The van der Waals surface area contributed by atoms with E-state index in [4.69, 9.17) is 16.9 Å². The standard InChI is InChI=1S/C13H16FNO/c1-3-4-5-8-11(15)13-10(14)7-6-9-12(13)16-2/h1,6-7,9,11H,4-5,8,15H2,2H3. The van der Waals surface area contributed by atoms with Crippen LogP contribution in [0.15, 0.2) is 18.2 Å². The Labute approximate surface area is 95.6 Å². The van der Waals surface area contributed by atoms with E-state index >= 15 is 0 Å². The van der Waals surface area contributed by atoms with Gasteiger partial charge in [0, 0.05) is 18.0 Å². The van der Waals surface area contributed by atoms with Crippen molar-refractivity contribution in [2.24, 2.45) is 5.73 Å². The van der Waals surface area contributed by atoms with E-state index in [1.165, 1.54) is 13.2 Å². The largest absolute Gasteiger partial charge is 0.496 e. The van der Waals surface area contributed by atoms with Crippen LogP contribution in [-0.2, 0) is 0 Å². The molecule has 1 aromatic carbocycles. The second kappa shape index (κ2) is 6.14. The van der Waals surface area contributed by atoms with E-state index in [2.05, 4.69) is 5.92 Å². The third-order valence-corrected chi connectivity index (χ3v) is 2.44. The Morgan fingerprint density at radius 2 is 2.31 bits per heavy atom. The maximum absolute atomic E-state index is 13.6. The number of benzene rings is 1. The van der Waals surface area contributed by atoms with E-state index in [0.29, 0.717) is 24.2 Å². The van der Waals surface area contributed by atoms with Crippen LogP contribution in [0, 0.1) is 18.2 Å². The van der Waals surface area contributed by atoms with Crippen molar-refractivity contribution in [3.8, 4) is 18.1 Å². The minimum atomic E-state index is -0.371. The van der Waals surface area contributed by atoms with Crippen molar-refractivity contribution in [2.75, 3.05) is 7.11 Å². The predicted molar refractivity (Wildman–Crippen MR) is 62.6 cm³/mol. The number of nitrogens with two attached hydrogens (primary N) is 1. The molecule has 0 bridgehead atoms. The van der Waals surface area contributed by atoms with Crippen LogP contribution in [0.1, 0.15) is 30.9 Å². The molecule has 0 spiro atoms. The summed E-state index contributed by atoms with van der Waals surface area (Å²) in [6, 6.07) is 4.33. The van der Waals surface area contributed by atoms with E-state index in [1.807, 2.05) is 0 Å². The van der Waals surface area contributed by atoms with Crippen molar-refractivity contribution in [3.63, 3.8) is 0 Å². The van der Waals surface area contributed by atoms with Gasteiger partial charge in [-0.3, -0.25) is 0 Å². The van der Waals surface area contributed by atoms with Crippen molar-refractivity contribution in [2.45, 2.75) is 25.3 Å². The van der Waals surface area contributed by atoms with Gasteiger partial charge >= 0.3 is 0 Å². The fourth-order valence-corrected chi connectivity index (χ4v) is 1.62. The highest BCUT2D eigenvalue weighted by Gasteiger charge is 2.16. The third-order valence-electron chi connectivity index (χ3n) is 2.44. The van der Waals surface area contributed by atoms with Crippen molar-refractivity contribution >= 4 is 0 Å². The summed E-state index contributed by atoms with van der Waals surface area (Å²) in [4.78, 5) is 0. The van der Waals surface area contributed by atoms with Gasteiger partial charge in [-0.15, -0.1) is 12.3 Å². The van der Waals surface area contributed by atoms with E-state index in [0.717, 1.165) is 6.42 Å². The van der Waals surface area contributed by atoms with Crippen LogP contribution in [0.4, 0.5) is 4.39 Å². The molecular weight excluding hydrogens is 205 g/mol. The monoisotopic (exact) mass is 221 g/mol. The minimum absolute atomic E-state index is 0.326. The number of hydrogen-bond acceptors (Lipinski definition) is 2. The first kappa shape index (κ1) is 12.5. The summed E-state index contributed by atoms with van der Waals surface area (Å²) in [5.74, 6) is 2.70. The van der Waals surface area contributed by atoms with Crippen LogP contribution in [-0.4, -0.2) is 7.11 Å². The maximum Gasteiger partial charge on any atom is 0.131 e. The molecule has 1 aromatic rings. The van der Waals surface area contributed by atoms with Gasteiger partial charge in [0.2, 0.25) is 0 Å². The van der Waals surface area contributed by atoms with Crippen molar-refractivity contribution in [3.05, 3.63) is 29.6 Å². The topological polar surface area (TPSA) is 35.2 Å². The highest BCUT2D eigenvalue weighted by atomic mass is 19.1. The molecule has 0 aliphatic carbocycles. The van der Waals surface area contributed by atoms with Gasteiger partial charge in [-0.1, -0.05) is 6.07 Å². The first-order chi connectivity index (χ1) is 7.70. The molecule has 0 aromatic heterocycles. The molecule has 0 fully saturated rings. The van der Waals surface area contributed by atoms with Gasteiger partial charge in [0.15, 0.2) is 0 Å². The van der Waals surface area contributed by atoms with Crippen molar-refractivity contribution in [1.29, 1.82) is 0 Å². The molecule has 2 nitrogen and oxygen atoms in total. The summed E-state index contributed by atoms with van der Waals surface area (Å²) in [6.07, 6.45) is 7.25. The average molecular weight is 221 g/mol. The molecule has 86 valence electrons. The van der Waals surface area contributed by atoms with Crippen LogP contribution in [0.25, 0.3) is 0 Å². The Morgan fingerprint density at radius 1 is 1.56 bits per heavy atom. The summed E-state index contributed by atoms with van der Waals surface area (Å²) in [5, 5.41) is 0. The summed E-state index contributed by atoms with van der Waals surface area (Å²) < 4.78 is 18.7. The lowest BCUT2D eigenvalue weighted by molar-refractivity contribution is 0.396. The normalized spacial score (nSPS) is 11.9. The number of halogens is 1. The summed E-state index contributed by atoms with van der Waals surface area (Å²) in [6.45, 7) is 0. The molecule has 16 heavy (non-hydrogen) atoms. The van der Waals surface area contributed by atoms with Crippen molar-refractivity contribution < 1.29 is 9.13 Å². The highest BCUT2D eigenvalue weighted by molar-refractivity contribution is 5.36. The zero-order chi connectivity index (χ0) is 12.0. The number of ether oxygens (including phenoxy) is 1.